The van der Waals surface area contributed by atoms with E-state index in [-0.39, 0.29) is 0 Å². The molecular formula is C6H8N4O2. The smallest absolute Gasteiger partial charge is 0.357 e. The number of nitro groups is 1. The van der Waals surface area contributed by atoms with E-state index in [4.69, 9.17) is 10.7 Å². The van der Waals surface area contributed by atoms with Crippen LogP contribution in [-0.4, -0.2) is 16.8 Å². The molecule has 6 heteroatoms. The van der Waals surface area contributed by atoms with E-state index >= 15 is 0 Å². The predicted octanol–water partition coefficient (Wildman–Crippen LogP) is 0.256. The maximum atomic E-state index is 9.88. The lowest BCUT2D eigenvalue weighted by atomic mass is 10.4. The first-order valence-corrected chi connectivity index (χ1v) is 3.13. The van der Waals surface area contributed by atoms with Crippen molar-refractivity contribution in [2.45, 2.75) is 13.0 Å². The first kappa shape index (κ1) is 10.1. The summed E-state index contributed by atoms with van der Waals surface area (Å²) in [5.74, 6) is -0.715. The van der Waals surface area contributed by atoms with Crippen molar-refractivity contribution in [3.63, 3.8) is 0 Å². The van der Waals surface area contributed by atoms with Crippen molar-refractivity contribution >= 4 is 5.84 Å². The van der Waals surface area contributed by atoms with Gasteiger partial charge in [-0.15, -0.1) is 0 Å². The van der Waals surface area contributed by atoms with Gasteiger partial charge in [0, 0.05) is 6.20 Å². The molecule has 64 valence electrons. The Labute approximate surface area is 69.2 Å². The quantitative estimate of drug-likeness (QED) is 0.273. The summed E-state index contributed by atoms with van der Waals surface area (Å²) >= 11 is 0. The molecular weight excluding hydrogens is 160 g/mol. The Morgan fingerprint density at radius 2 is 2.50 bits per heavy atom. The Bertz CT molecular complexity index is 253. The molecule has 0 saturated heterocycles. The Morgan fingerprint density at radius 1 is 1.92 bits per heavy atom. The Hall–Kier alpha value is -1.90. The summed E-state index contributed by atoms with van der Waals surface area (Å²) in [6, 6.07) is 1.45. The van der Waals surface area contributed by atoms with Crippen LogP contribution < -0.4 is 5.32 Å². The number of hydrogen-bond acceptors (Lipinski definition) is 5. The highest BCUT2D eigenvalue weighted by molar-refractivity contribution is 5.82. The predicted molar refractivity (Wildman–Crippen MR) is 42.1 cm³/mol. The SMILES string of the molecule is C[C@@H](C#N)N/C=C\C(=N)[N+](=O)[O-]. The van der Waals surface area contributed by atoms with Gasteiger partial charge in [-0.25, -0.2) is 0 Å². The molecule has 0 heterocycles. The first-order chi connectivity index (χ1) is 5.57. The standard InChI is InChI=1S/C6H8N4O2/c1-5(4-7)9-3-2-6(8)10(11)12/h2-3,5,8-9H,1H3/b3-2-,8-6?/t5-/m0/s1. The van der Waals surface area contributed by atoms with Gasteiger partial charge < -0.3 is 15.4 Å². The summed E-state index contributed by atoms with van der Waals surface area (Å²) in [7, 11) is 0. The van der Waals surface area contributed by atoms with Crippen LogP contribution in [0.25, 0.3) is 0 Å². The van der Waals surface area contributed by atoms with Crippen molar-refractivity contribution in [1.82, 2.24) is 5.32 Å². The molecule has 0 aliphatic rings. The van der Waals surface area contributed by atoms with Crippen LogP contribution in [0.15, 0.2) is 12.3 Å². The molecule has 0 aliphatic carbocycles. The molecule has 0 fully saturated rings. The van der Waals surface area contributed by atoms with Crippen LogP contribution in [-0.2, 0) is 0 Å². The van der Waals surface area contributed by atoms with E-state index in [0.29, 0.717) is 0 Å². The average Bonchev–Trinajstić information content (AvgIpc) is 2.03. The topological polar surface area (TPSA) is 103 Å². The molecule has 0 unspecified atom stereocenters. The maximum absolute atomic E-state index is 9.88. The lowest BCUT2D eigenvalue weighted by Gasteiger charge is -1.98. The molecule has 6 nitrogen and oxygen atoms in total. The summed E-state index contributed by atoms with van der Waals surface area (Å²) in [6.45, 7) is 1.60. The monoisotopic (exact) mass is 168 g/mol. The van der Waals surface area contributed by atoms with E-state index < -0.39 is 16.8 Å². The molecule has 0 aromatic rings. The zero-order chi connectivity index (χ0) is 9.56. The van der Waals surface area contributed by atoms with Crippen LogP contribution in [0.4, 0.5) is 0 Å². The number of nitriles is 1. The minimum absolute atomic E-state index is 0.416. The summed E-state index contributed by atoms with van der Waals surface area (Å²) in [6.07, 6.45) is 2.19. The van der Waals surface area contributed by atoms with Gasteiger partial charge in [-0.2, -0.15) is 5.26 Å². The fraction of sp³-hybridized carbons (Fsp3) is 0.333. The van der Waals surface area contributed by atoms with Gasteiger partial charge in [-0.3, -0.25) is 0 Å². The molecule has 12 heavy (non-hydrogen) atoms. The van der Waals surface area contributed by atoms with Crippen molar-refractivity contribution in [2.24, 2.45) is 0 Å². The summed E-state index contributed by atoms with van der Waals surface area (Å²) in [4.78, 5) is 9.06. The molecule has 0 radical (unpaired) electrons. The number of nitrogens with one attached hydrogen (secondary N) is 2. The van der Waals surface area contributed by atoms with Crippen LogP contribution in [0.2, 0.25) is 0 Å². The van der Waals surface area contributed by atoms with Gasteiger partial charge in [0.25, 0.3) is 0 Å². The van der Waals surface area contributed by atoms with Gasteiger partial charge in [0.2, 0.25) is 0 Å². The van der Waals surface area contributed by atoms with Crippen LogP contribution in [0.1, 0.15) is 6.92 Å². The van der Waals surface area contributed by atoms with E-state index in [1.165, 1.54) is 6.20 Å². The third-order valence-corrected chi connectivity index (χ3v) is 0.978. The molecule has 0 rings (SSSR count). The fourth-order valence-corrected chi connectivity index (χ4v) is 0.370. The van der Waals surface area contributed by atoms with Gasteiger partial charge >= 0.3 is 5.84 Å². The van der Waals surface area contributed by atoms with Gasteiger partial charge in [0.15, 0.2) is 0 Å². The molecule has 2 N–H and O–H groups in total. The van der Waals surface area contributed by atoms with Crippen molar-refractivity contribution in [3.8, 4) is 6.07 Å². The zero-order valence-electron chi connectivity index (χ0n) is 6.44. The second-order valence-electron chi connectivity index (χ2n) is 1.99. The minimum atomic E-state index is -0.824. The number of hydrogen-bond donors (Lipinski definition) is 2. The van der Waals surface area contributed by atoms with Crippen LogP contribution in [0.5, 0.6) is 0 Å². The van der Waals surface area contributed by atoms with E-state index in [2.05, 4.69) is 5.32 Å². The highest BCUT2D eigenvalue weighted by Crippen LogP contribution is 1.80. The largest absolute Gasteiger partial charge is 0.376 e. The van der Waals surface area contributed by atoms with E-state index in [0.717, 1.165) is 6.08 Å². The summed E-state index contributed by atoms with van der Waals surface area (Å²) < 4.78 is 0. The fourth-order valence-electron chi connectivity index (χ4n) is 0.370. The van der Waals surface area contributed by atoms with Gasteiger partial charge in [-0.05, 0) is 11.8 Å². The summed E-state index contributed by atoms with van der Waals surface area (Å²) in [5.41, 5.74) is 0. The van der Waals surface area contributed by atoms with Crippen LogP contribution in [0, 0.1) is 26.9 Å². The number of nitrogens with zero attached hydrogens (tertiary/aromatic N) is 2. The van der Waals surface area contributed by atoms with Crippen molar-refractivity contribution < 1.29 is 4.92 Å². The van der Waals surface area contributed by atoms with Gasteiger partial charge in [0.05, 0.1) is 12.1 Å². The molecule has 0 saturated carbocycles. The van der Waals surface area contributed by atoms with Gasteiger partial charge in [-0.1, -0.05) is 5.41 Å². The molecule has 0 spiro atoms. The Morgan fingerprint density at radius 3 is 2.92 bits per heavy atom. The highest BCUT2D eigenvalue weighted by Gasteiger charge is 2.00. The molecule has 0 aromatic heterocycles. The van der Waals surface area contributed by atoms with Crippen LogP contribution >= 0.6 is 0 Å². The van der Waals surface area contributed by atoms with E-state index in [1.807, 2.05) is 6.07 Å². The second-order valence-corrected chi connectivity index (χ2v) is 1.99. The van der Waals surface area contributed by atoms with E-state index in [1.54, 1.807) is 6.92 Å². The van der Waals surface area contributed by atoms with Gasteiger partial charge in [0.1, 0.15) is 6.04 Å². The molecule has 0 aromatic carbocycles. The van der Waals surface area contributed by atoms with Crippen molar-refractivity contribution in [3.05, 3.63) is 22.4 Å². The first-order valence-electron chi connectivity index (χ1n) is 3.13. The molecule has 0 bridgehead atoms. The zero-order valence-corrected chi connectivity index (χ0v) is 6.44. The number of amidine groups is 1. The third kappa shape index (κ3) is 4.00. The average molecular weight is 168 g/mol. The molecule has 0 aliphatic heterocycles. The number of rotatable bonds is 3. The highest BCUT2D eigenvalue weighted by atomic mass is 16.6. The van der Waals surface area contributed by atoms with Crippen molar-refractivity contribution in [2.75, 3.05) is 0 Å². The second kappa shape index (κ2) is 4.85. The Kier molecular flexibility index (Phi) is 4.08. The maximum Gasteiger partial charge on any atom is 0.357 e. The summed E-state index contributed by atoms with van der Waals surface area (Å²) in [5, 5.41) is 27.4. The lowest BCUT2D eigenvalue weighted by Crippen LogP contribution is -2.18. The normalized spacial score (nSPS) is 12.0. The Balaban J connectivity index is 3.87. The van der Waals surface area contributed by atoms with Crippen molar-refractivity contribution in [1.29, 1.82) is 10.7 Å². The van der Waals surface area contributed by atoms with Crippen LogP contribution in [0.3, 0.4) is 0 Å². The van der Waals surface area contributed by atoms with E-state index in [9.17, 15) is 10.1 Å². The lowest BCUT2D eigenvalue weighted by molar-refractivity contribution is -0.349. The molecule has 0 amide bonds. The minimum Gasteiger partial charge on any atom is -0.376 e. The third-order valence-electron chi connectivity index (χ3n) is 0.978. The molecule has 1 atom stereocenters.